The van der Waals surface area contributed by atoms with Crippen LogP contribution in [0.25, 0.3) is 0 Å². The third-order valence-electron chi connectivity index (χ3n) is 5.73. The van der Waals surface area contributed by atoms with E-state index in [1.807, 2.05) is 21.7 Å². The molecule has 0 unspecified atom stereocenters. The summed E-state index contributed by atoms with van der Waals surface area (Å²) in [5, 5.41) is 12.1. The number of piperazine rings is 1. The summed E-state index contributed by atoms with van der Waals surface area (Å²) in [5.74, 6) is 1.96. The lowest BCUT2D eigenvalue weighted by atomic mass is 10.2. The van der Waals surface area contributed by atoms with Crippen molar-refractivity contribution in [2.24, 2.45) is 0 Å². The van der Waals surface area contributed by atoms with Crippen LogP contribution >= 0.6 is 11.8 Å². The Labute approximate surface area is 174 Å². The van der Waals surface area contributed by atoms with Gasteiger partial charge in [0.25, 0.3) is 0 Å². The maximum atomic E-state index is 13.0. The minimum Gasteiger partial charge on any atom is -0.339 e. The zero-order chi connectivity index (χ0) is 20.1. The van der Waals surface area contributed by atoms with Gasteiger partial charge in [-0.1, -0.05) is 25.0 Å². The number of hydrogen-bond acceptors (Lipinski definition) is 6. The molecule has 2 heterocycles. The molecule has 1 aromatic heterocycles. The summed E-state index contributed by atoms with van der Waals surface area (Å²) in [6.07, 6.45) is 4.76. The zero-order valence-electron chi connectivity index (χ0n) is 16.5. The Balaban J connectivity index is 1.18. The number of benzene rings is 1. The van der Waals surface area contributed by atoms with Gasteiger partial charge in [0.2, 0.25) is 5.91 Å². The quantitative estimate of drug-likeness (QED) is 0.688. The minimum atomic E-state index is -0.209. The molecule has 2 fully saturated rings. The Kier molecular flexibility index (Phi) is 6.76. The Bertz CT molecular complexity index is 800. The minimum absolute atomic E-state index is 0.177. The molecular weight excluding hydrogens is 391 g/mol. The number of amides is 1. The van der Waals surface area contributed by atoms with E-state index < -0.39 is 0 Å². The maximum absolute atomic E-state index is 13.0. The molecule has 156 valence electrons. The highest BCUT2D eigenvalue weighted by molar-refractivity contribution is 7.99. The lowest BCUT2D eigenvalue weighted by Gasteiger charge is -2.34. The van der Waals surface area contributed by atoms with E-state index in [9.17, 15) is 9.18 Å². The molecule has 1 amide bonds. The molecule has 0 bridgehead atoms. The topological polar surface area (TPSA) is 67.2 Å². The molecule has 7 nitrogen and oxygen atoms in total. The van der Waals surface area contributed by atoms with Crippen LogP contribution in [0.1, 0.15) is 43.1 Å². The summed E-state index contributed by atoms with van der Waals surface area (Å²) in [6.45, 7) is 3.95. The molecule has 2 aromatic rings. The van der Waals surface area contributed by atoms with Crippen LogP contribution in [0.15, 0.2) is 24.3 Å². The number of tetrazole rings is 1. The molecule has 4 rings (SSSR count). The molecule has 9 heteroatoms. The van der Waals surface area contributed by atoms with Gasteiger partial charge in [0, 0.05) is 32.7 Å². The summed E-state index contributed by atoms with van der Waals surface area (Å²) < 4.78 is 15.0. The highest BCUT2D eigenvalue weighted by Crippen LogP contribution is 2.29. The predicted octanol–water partition coefficient (Wildman–Crippen LogP) is 2.50. The van der Waals surface area contributed by atoms with Crippen LogP contribution in [-0.2, 0) is 17.1 Å². The van der Waals surface area contributed by atoms with E-state index in [1.165, 1.54) is 25.0 Å². The van der Waals surface area contributed by atoms with Crippen molar-refractivity contribution in [2.45, 2.75) is 44.0 Å². The van der Waals surface area contributed by atoms with E-state index in [-0.39, 0.29) is 11.7 Å². The monoisotopic (exact) mass is 418 g/mol. The summed E-state index contributed by atoms with van der Waals surface area (Å²) in [5.41, 5.74) is 1.10. The summed E-state index contributed by atoms with van der Waals surface area (Å²) >= 11 is 1.59. The molecule has 2 aliphatic rings. The van der Waals surface area contributed by atoms with Crippen LogP contribution in [0.3, 0.4) is 0 Å². The van der Waals surface area contributed by atoms with E-state index in [0.717, 1.165) is 57.0 Å². The second-order valence-corrected chi connectivity index (χ2v) is 8.74. The average molecular weight is 419 g/mol. The second-order valence-electron chi connectivity index (χ2n) is 7.75. The first-order valence-electron chi connectivity index (χ1n) is 10.3. The number of thioether (sulfide) groups is 1. The molecule has 0 radical (unpaired) electrons. The van der Waals surface area contributed by atoms with Crippen molar-refractivity contribution in [3.05, 3.63) is 41.5 Å². The lowest BCUT2D eigenvalue weighted by Crippen LogP contribution is -2.48. The van der Waals surface area contributed by atoms with Gasteiger partial charge in [-0.25, -0.2) is 9.07 Å². The molecular formula is C20H27FN6OS. The van der Waals surface area contributed by atoms with Gasteiger partial charge in [0.05, 0.1) is 17.5 Å². The van der Waals surface area contributed by atoms with Crippen LogP contribution in [0.2, 0.25) is 0 Å². The van der Waals surface area contributed by atoms with E-state index in [0.29, 0.717) is 17.5 Å². The number of carbonyl (C=O) groups is 1. The lowest BCUT2D eigenvalue weighted by molar-refractivity contribution is -0.130. The van der Waals surface area contributed by atoms with E-state index in [4.69, 9.17) is 0 Å². The van der Waals surface area contributed by atoms with Crippen molar-refractivity contribution in [1.29, 1.82) is 0 Å². The second kappa shape index (κ2) is 9.67. The van der Waals surface area contributed by atoms with E-state index >= 15 is 0 Å². The molecule has 29 heavy (non-hydrogen) atoms. The summed E-state index contributed by atoms with van der Waals surface area (Å²) in [6, 6.07) is 7.06. The normalized spacial score (nSPS) is 18.4. The number of rotatable bonds is 7. The van der Waals surface area contributed by atoms with Crippen molar-refractivity contribution in [2.75, 3.05) is 31.9 Å². The third-order valence-corrected chi connectivity index (χ3v) is 6.65. The fourth-order valence-corrected chi connectivity index (χ4v) is 4.90. The van der Waals surface area contributed by atoms with Crippen LogP contribution in [0.4, 0.5) is 4.39 Å². The van der Waals surface area contributed by atoms with Crippen molar-refractivity contribution in [1.82, 2.24) is 30.0 Å². The Morgan fingerprint density at radius 3 is 2.55 bits per heavy atom. The Hall–Kier alpha value is -2.00. The van der Waals surface area contributed by atoms with Crippen LogP contribution in [0, 0.1) is 5.82 Å². The van der Waals surface area contributed by atoms with Gasteiger partial charge in [-0.05, 0) is 41.0 Å². The Morgan fingerprint density at radius 1 is 1.10 bits per heavy atom. The standard InChI is InChI=1S/C20H27FN6OS/c21-17-7-5-16(6-8-17)13-25-9-11-26(12-10-25)20(28)15-29-14-19-22-23-24-27(19)18-3-1-2-4-18/h5-8,18H,1-4,9-15H2. The van der Waals surface area contributed by atoms with Gasteiger partial charge < -0.3 is 4.90 Å². The van der Waals surface area contributed by atoms with E-state index in [2.05, 4.69) is 20.4 Å². The smallest absolute Gasteiger partial charge is 0.232 e. The van der Waals surface area contributed by atoms with Gasteiger partial charge >= 0.3 is 0 Å². The van der Waals surface area contributed by atoms with Crippen LogP contribution in [-0.4, -0.2) is 67.8 Å². The average Bonchev–Trinajstić information content (AvgIpc) is 3.42. The number of nitrogens with zero attached hydrogens (tertiary/aromatic N) is 6. The molecule has 1 saturated heterocycles. The highest BCUT2D eigenvalue weighted by atomic mass is 32.2. The third kappa shape index (κ3) is 5.33. The Morgan fingerprint density at radius 2 is 1.83 bits per heavy atom. The number of halogens is 1. The van der Waals surface area contributed by atoms with Crippen molar-refractivity contribution < 1.29 is 9.18 Å². The van der Waals surface area contributed by atoms with Crippen LogP contribution < -0.4 is 0 Å². The number of aromatic nitrogens is 4. The fourth-order valence-electron chi connectivity index (χ4n) is 4.06. The molecule has 0 N–H and O–H groups in total. The molecule has 0 spiro atoms. The highest BCUT2D eigenvalue weighted by Gasteiger charge is 2.23. The molecule has 1 aliphatic carbocycles. The van der Waals surface area contributed by atoms with Crippen molar-refractivity contribution in [3.8, 4) is 0 Å². The van der Waals surface area contributed by atoms with E-state index in [1.54, 1.807) is 11.8 Å². The van der Waals surface area contributed by atoms with Gasteiger partial charge in [0.1, 0.15) is 5.82 Å². The van der Waals surface area contributed by atoms with Gasteiger partial charge in [-0.15, -0.1) is 16.9 Å². The zero-order valence-corrected chi connectivity index (χ0v) is 17.4. The first-order chi connectivity index (χ1) is 14.2. The summed E-state index contributed by atoms with van der Waals surface area (Å²) in [7, 11) is 0. The number of hydrogen-bond donors (Lipinski definition) is 0. The van der Waals surface area contributed by atoms with Gasteiger partial charge in [-0.3, -0.25) is 9.69 Å². The number of carbonyl (C=O) groups excluding carboxylic acids is 1. The SMILES string of the molecule is O=C(CSCc1nnnn1C1CCCC1)N1CCN(Cc2ccc(F)cc2)CC1. The van der Waals surface area contributed by atoms with Crippen molar-refractivity contribution in [3.63, 3.8) is 0 Å². The largest absolute Gasteiger partial charge is 0.339 e. The van der Waals surface area contributed by atoms with Crippen LogP contribution in [0.5, 0.6) is 0 Å². The van der Waals surface area contributed by atoms with Gasteiger partial charge in [-0.2, -0.15) is 0 Å². The molecule has 0 atom stereocenters. The predicted molar refractivity (Wildman–Crippen MR) is 110 cm³/mol. The summed E-state index contributed by atoms with van der Waals surface area (Å²) in [4.78, 5) is 16.8. The van der Waals surface area contributed by atoms with Crippen molar-refractivity contribution >= 4 is 17.7 Å². The van der Waals surface area contributed by atoms with Gasteiger partial charge in [0.15, 0.2) is 5.82 Å². The fraction of sp³-hybridized carbons (Fsp3) is 0.600. The first-order valence-corrected chi connectivity index (χ1v) is 11.4. The molecule has 1 aromatic carbocycles. The molecule has 1 saturated carbocycles. The first kappa shape index (κ1) is 20.3. The maximum Gasteiger partial charge on any atom is 0.232 e. The molecule has 1 aliphatic heterocycles.